The molecule has 1 saturated carbocycles. The van der Waals surface area contributed by atoms with Gasteiger partial charge in [0.1, 0.15) is 0 Å². The van der Waals surface area contributed by atoms with Crippen LogP contribution >= 0.6 is 0 Å². The Morgan fingerprint density at radius 2 is 2.05 bits per heavy atom. The Hall–Kier alpha value is -1.65. The van der Waals surface area contributed by atoms with E-state index in [1.54, 1.807) is 0 Å². The van der Waals surface area contributed by atoms with E-state index in [9.17, 15) is 5.11 Å². The summed E-state index contributed by atoms with van der Waals surface area (Å²) in [6, 6.07) is 10.7. The predicted octanol–water partition coefficient (Wildman–Crippen LogP) is 1.60. The number of nitrogens with one attached hydrogen (secondary N) is 1. The fraction of sp³-hybridized carbons (Fsp3) is 0.471. The molecule has 4 nitrogen and oxygen atoms in total. The average molecular weight is 283 g/mol. The monoisotopic (exact) mass is 283 g/mol. The molecule has 110 valence electrons. The zero-order chi connectivity index (χ0) is 14.3. The molecule has 0 radical (unpaired) electrons. The number of hydrogen-bond acceptors (Lipinski definition) is 3. The van der Waals surface area contributed by atoms with Gasteiger partial charge in [-0.05, 0) is 18.4 Å². The molecule has 0 bridgehead atoms. The van der Waals surface area contributed by atoms with E-state index in [1.165, 1.54) is 35.4 Å². The van der Waals surface area contributed by atoms with Crippen molar-refractivity contribution in [2.75, 3.05) is 13.2 Å². The summed E-state index contributed by atoms with van der Waals surface area (Å²) in [5, 5.41) is 17.7. The van der Waals surface area contributed by atoms with E-state index in [4.69, 9.17) is 5.10 Å². The molecule has 4 rings (SSSR count). The first kappa shape index (κ1) is 13.0. The third-order valence-electron chi connectivity index (χ3n) is 4.85. The molecule has 2 heterocycles. The molecule has 0 atom stereocenters. The van der Waals surface area contributed by atoms with E-state index in [1.807, 2.05) is 4.68 Å². The molecule has 0 amide bonds. The summed E-state index contributed by atoms with van der Waals surface area (Å²) < 4.78 is 2.04. The van der Waals surface area contributed by atoms with Crippen LogP contribution in [0.1, 0.15) is 35.4 Å². The maximum Gasteiger partial charge on any atom is 0.0778 e. The third kappa shape index (κ3) is 2.01. The summed E-state index contributed by atoms with van der Waals surface area (Å²) in [4.78, 5) is 0. The quantitative estimate of drug-likeness (QED) is 0.896. The highest BCUT2D eigenvalue weighted by atomic mass is 16.3. The first-order valence-corrected chi connectivity index (χ1v) is 7.81. The lowest BCUT2D eigenvalue weighted by atomic mass is 9.88. The number of aliphatic hydroxyl groups is 1. The van der Waals surface area contributed by atoms with Crippen molar-refractivity contribution in [1.29, 1.82) is 0 Å². The topological polar surface area (TPSA) is 50.1 Å². The summed E-state index contributed by atoms with van der Waals surface area (Å²) in [6.07, 6.45) is 3.37. The number of benzene rings is 1. The molecular weight excluding hydrogens is 262 g/mol. The molecule has 1 fully saturated rings. The highest BCUT2D eigenvalue weighted by Crippen LogP contribution is 2.54. The summed E-state index contributed by atoms with van der Waals surface area (Å²) >= 11 is 0. The smallest absolute Gasteiger partial charge is 0.0778 e. The van der Waals surface area contributed by atoms with Crippen molar-refractivity contribution in [3.05, 3.63) is 52.8 Å². The van der Waals surface area contributed by atoms with Crippen molar-refractivity contribution in [3.8, 4) is 0 Å². The molecule has 1 aromatic carbocycles. The Kier molecular flexibility index (Phi) is 3.08. The van der Waals surface area contributed by atoms with Crippen LogP contribution in [0.15, 0.2) is 30.3 Å². The molecule has 4 heteroatoms. The minimum absolute atomic E-state index is 0.116. The predicted molar refractivity (Wildman–Crippen MR) is 81.2 cm³/mol. The lowest BCUT2D eigenvalue weighted by Crippen LogP contribution is -2.26. The second-order valence-electron chi connectivity index (χ2n) is 6.10. The number of aliphatic hydroxyl groups excluding tert-OH is 1. The highest BCUT2D eigenvalue weighted by Gasteiger charge is 2.50. The molecule has 2 N–H and O–H groups in total. The van der Waals surface area contributed by atoms with Gasteiger partial charge in [0.25, 0.3) is 0 Å². The Morgan fingerprint density at radius 1 is 1.24 bits per heavy atom. The van der Waals surface area contributed by atoms with Gasteiger partial charge in [-0.3, -0.25) is 4.68 Å². The molecule has 21 heavy (non-hydrogen) atoms. The van der Waals surface area contributed by atoms with Crippen molar-refractivity contribution in [2.24, 2.45) is 0 Å². The summed E-state index contributed by atoms with van der Waals surface area (Å²) in [6.45, 7) is 2.67. The molecule has 0 spiro atoms. The second-order valence-corrected chi connectivity index (χ2v) is 6.10. The summed E-state index contributed by atoms with van der Waals surface area (Å²) in [5.74, 6) is 0. The molecule has 0 unspecified atom stereocenters. The molecular formula is C17H21N3O. The van der Waals surface area contributed by atoms with Crippen molar-refractivity contribution in [3.63, 3.8) is 0 Å². The van der Waals surface area contributed by atoms with Gasteiger partial charge < -0.3 is 10.4 Å². The van der Waals surface area contributed by atoms with Crippen LogP contribution in [0.5, 0.6) is 0 Å². The fourth-order valence-corrected chi connectivity index (χ4v) is 3.63. The van der Waals surface area contributed by atoms with Crippen LogP contribution in [0.2, 0.25) is 0 Å². The van der Waals surface area contributed by atoms with Gasteiger partial charge in [-0.2, -0.15) is 5.10 Å². The first-order chi connectivity index (χ1) is 10.3. The van der Waals surface area contributed by atoms with Gasteiger partial charge in [-0.1, -0.05) is 30.3 Å². The SMILES string of the molecule is OCCn1nc(C2(c3ccccc3)CC2)c2c1CCNC2. The van der Waals surface area contributed by atoms with Crippen molar-refractivity contribution < 1.29 is 5.11 Å². The van der Waals surface area contributed by atoms with E-state index < -0.39 is 0 Å². The van der Waals surface area contributed by atoms with Crippen LogP contribution in [0.3, 0.4) is 0 Å². The minimum Gasteiger partial charge on any atom is -0.394 e. The number of nitrogens with zero attached hydrogens (tertiary/aromatic N) is 2. The van der Waals surface area contributed by atoms with Crippen molar-refractivity contribution >= 4 is 0 Å². The molecule has 2 aromatic rings. The Balaban J connectivity index is 1.82. The number of rotatable bonds is 4. The van der Waals surface area contributed by atoms with E-state index in [0.29, 0.717) is 6.54 Å². The number of fused-ring (bicyclic) bond motifs is 1. The Bertz CT molecular complexity index is 644. The minimum atomic E-state index is 0.116. The molecule has 0 saturated heterocycles. The first-order valence-electron chi connectivity index (χ1n) is 7.81. The van der Waals surface area contributed by atoms with E-state index in [2.05, 4.69) is 35.6 Å². The zero-order valence-corrected chi connectivity index (χ0v) is 12.2. The molecule has 1 aliphatic carbocycles. The van der Waals surface area contributed by atoms with Gasteiger partial charge in [0.15, 0.2) is 0 Å². The van der Waals surface area contributed by atoms with Gasteiger partial charge in [-0.15, -0.1) is 0 Å². The van der Waals surface area contributed by atoms with Crippen LogP contribution in [-0.4, -0.2) is 28.0 Å². The van der Waals surface area contributed by atoms with Crippen molar-refractivity contribution in [2.45, 2.75) is 37.8 Å². The molecule has 2 aliphatic rings. The van der Waals surface area contributed by atoms with Crippen LogP contribution < -0.4 is 5.32 Å². The Labute approximate surface area is 124 Å². The van der Waals surface area contributed by atoms with Gasteiger partial charge in [0.2, 0.25) is 0 Å². The summed E-state index contributed by atoms with van der Waals surface area (Å²) in [5.41, 5.74) is 5.43. The maximum atomic E-state index is 9.29. The Morgan fingerprint density at radius 3 is 2.76 bits per heavy atom. The normalized spacial score (nSPS) is 19.3. The van der Waals surface area contributed by atoms with Gasteiger partial charge in [0.05, 0.1) is 18.8 Å². The highest BCUT2D eigenvalue weighted by molar-refractivity contribution is 5.47. The van der Waals surface area contributed by atoms with Gasteiger partial charge in [-0.25, -0.2) is 0 Å². The van der Waals surface area contributed by atoms with E-state index in [-0.39, 0.29) is 12.0 Å². The van der Waals surface area contributed by atoms with Crippen molar-refractivity contribution in [1.82, 2.24) is 15.1 Å². The third-order valence-corrected chi connectivity index (χ3v) is 4.85. The van der Waals surface area contributed by atoms with E-state index in [0.717, 1.165) is 19.5 Å². The summed E-state index contributed by atoms with van der Waals surface area (Å²) in [7, 11) is 0. The number of hydrogen-bond donors (Lipinski definition) is 2. The van der Waals surface area contributed by atoms with Crippen LogP contribution in [0.4, 0.5) is 0 Å². The maximum absolute atomic E-state index is 9.29. The lowest BCUT2D eigenvalue weighted by molar-refractivity contribution is 0.266. The molecule has 1 aliphatic heterocycles. The van der Waals surface area contributed by atoms with E-state index >= 15 is 0 Å². The number of aromatic nitrogens is 2. The average Bonchev–Trinajstić information content (AvgIpc) is 3.27. The largest absolute Gasteiger partial charge is 0.394 e. The zero-order valence-electron chi connectivity index (χ0n) is 12.2. The van der Waals surface area contributed by atoms with Crippen LogP contribution in [0, 0.1) is 0 Å². The van der Waals surface area contributed by atoms with Crippen LogP contribution in [-0.2, 0) is 24.9 Å². The van der Waals surface area contributed by atoms with Gasteiger partial charge in [0, 0.05) is 36.2 Å². The molecule has 1 aromatic heterocycles. The van der Waals surface area contributed by atoms with Gasteiger partial charge >= 0.3 is 0 Å². The lowest BCUT2D eigenvalue weighted by Gasteiger charge is -2.19. The van der Waals surface area contributed by atoms with Crippen LogP contribution in [0.25, 0.3) is 0 Å². The second kappa shape index (κ2) is 4.97. The fourth-order valence-electron chi connectivity index (χ4n) is 3.63. The standard InChI is InChI=1S/C17H21N3O/c21-11-10-20-15-6-9-18-12-14(15)16(19-20)17(7-8-17)13-4-2-1-3-5-13/h1-5,18,21H,6-12H2.